The first-order valence-corrected chi connectivity index (χ1v) is 13.1. The highest BCUT2D eigenvalue weighted by Gasteiger charge is 2.35. The molecule has 0 fully saturated rings. The maximum atomic E-state index is 13.0. The Labute approximate surface area is 225 Å². The van der Waals surface area contributed by atoms with E-state index in [4.69, 9.17) is 9.47 Å². The molecule has 0 aliphatic rings. The van der Waals surface area contributed by atoms with Crippen molar-refractivity contribution in [2.75, 3.05) is 0 Å². The van der Waals surface area contributed by atoms with Gasteiger partial charge in [0, 0.05) is 11.8 Å². The van der Waals surface area contributed by atoms with Gasteiger partial charge in [-0.1, -0.05) is 97.1 Å². The molecule has 0 radical (unpaired) electrons. The van der Waals surface area contributed by atoms with Gasteiger partial charge in [0.25, 0.3) is 0 Å². The molecule has 0 spiro atoms. The number of ether oxygens (including phenoxy) is 2. The van der Waals surface area contributed by atoms with Crippen LogP contribution in [0.4, 0.5) is 0 Å². The molecular formula is C34H34O4. The molecule has 0 saturated heterocycles. The van der Waals surface area contributed by atoms with Crippen molar-refractivity contribution in [3.8, 4) is 0 Å². The molecule has 4 rings (SSSR count). The van der Waals surface area contributed by atoms with Gasteiger partial charge in [-0.05, 0) is 62.1 Å². The number of rotatable bonds is 11. The normalized spacial score (nSPS) is 14.1. The minimum atomic E-state index is -0.422. The van der Waals surface area contributed by atoms with E-state index in [9.17, 15) is 9.59 Å². The van der Waals surface area contributed by atoms with Crippen LogP contribution in [0.3, 0.4) is 0 Å². The molecule has 0 heterocycles. The minimum Gasteiger partial charge on any atom is -0.459 e. The summed E-state index contributed by atoms with van der Waals surface area (Å²) in [5.41, 5.74) is 3.31. The van der Waals surface area contributed by atoms with E-state index in [0.717, 1.165) is 11.1 Å². The SMILES string of the molecule is CC(OC(=O)c1ccccc1)C(Cc1ccccc1)C(Cc1ccccc1)C(C)OC(=O)c1ccccc1. The second-order valence-electron chi connectivity index (χ2n) is 9.66. The molecule has 4 aromatic rings. The van der Waals surface area contributed by atoms with Crippen LogP contribution in [-0.4, -0.2) is 24.1 Å². The van der Waals surface area contributed by atoms with E-state index in [1.54, 1.807) is 24.3 Å². The highest BCUT2D eigenvalue weighted by molar-refractivity contribution is 5.90. The van der Waals surface area contributed by atoms with E-state index in [1.165, 1.54) is 0 Å². The molecule has 0 amide bonds. The highest BCUT2D eigenvalue weighted by atomic mass is 16.5. The molecule has 0 aromatic heterocycles. The summed E-state index contributed by atoms with van der Waals surface area (Å²) in [6.45, 7) is 3.89. The molecule has 194 valence electrons. The average Bonchev–Trinajstić information content (AvgIpc) is 2.96. The van der Waals surface area contributed by atoms with Crippen molar-refractivity contribution < 1.29 is 19.1 Å². The fourth-order valence-corrected chi connectivity index (χ4v) is 4.90. The second-order valence-corrected chi connectivity index (χ2v) is 9.66. The Kier molecular flexibility index (Phi) is 9.47. The molecule has 4 aromatic carbocycles. The lowest BCUT2D eigenvalue weighted by Gasteiger charge is -2.35. The summed E-state index contributed by atoms with van der Waals surface area (Å²) in [7, 11) is 0. The van der Waals surface area contributed by atoms with Crippen LogP contribution < -0.4 is 0 Å². The van der Waals surface area contributed by atoms with Crippen LogP contribution in [0, 0.1) is 11.8 Å². The summed E-state index contributed by atoms with van der Waals surface area (Å²) in [5.74, 6) is -0.931. The molecule has 0 N–H and O–H groups in total. The van der Waals surface area contributed by atoms with Crippen molar-refractivity contribution in [1.29, 1.82) is 0 Å². The number of hydrogen-bond acceptors (Lipinski definition) is 4. The Morgan fingerprint density at radius 2 is 0.789 bits per heavy atom. The molecule has 0 aliphatic carbocycles. The van der Waals surface area contributed by atoms with Crippen molar-refractivity contribution in [2.45, 2.75) is 38.9 Å². The van der Waals surface area contributed by atoms with Crippen molar-refractivity contribution in [1.82, 2.24) is 0 Å². The van der Waals surface area contributed by atoms with Gasteiger partial charge in [-0.3, -0.25) is 0 Å². The molecular weight excluding hydrogens is 472 g/mol. The van der Waals surface area contributed by atoms with Gasteiger partial charge in [0.05, 0.1) is 11.1 Å². The lowest BCUT2D eigenvalue weighted by atomic mass is 9.77. The predicted octanol–water partition coefficient (Wildman–Crippen LogP) is 7.20. The molecule has 4 nitrogen and oxygen atoms in total. The van der Waals surface area contributed by atoms with Crippen LogP contribution in [0.5, 0.6) is 0 Å². The molecule has 4 atom stereocenters. The van der Waals surface area contributed by atoms with Crippen molar-refractivity contribution in [2.24, 2.45) is 11.8 Å². The molecule has 0 bridgehead atoms. The molecule has 0 saturated carbocycles. The van der Waals surface area contributed by atoms with Crippen molar-refractivity contribution in [3.05, 3.63) is 144 Å². The fourth-order valence-electron chi connectivity index (χ4n) is 4.90. The lowest BCUT2D eigenvalue weighted by molar-refractivity contribution is -0.0236. The van der Waals surface area contributed by atoms with Gasteiger partial charge in [0.2, 0.25) is 0 Å². The quantitative estimate of drug-likeness (QED) is 0.202. The van der Waals surface area contributed by atoms with Crippen LogP contribution in [0.25, 0.3) is 0 Å². The van der Waals surface area contributed by atoms with Gasteiger partial charge in [-0.15, -0.1) is 0 Å². The zero-order valence-corrected chi connectivity index (χ0v) is 21.9. The Morgan fingerprint density at radius 3 is 1.11 bits per heavy atom. The average molecular weight is 507 g/mol. The van der Waals surface area contributed by atoms with Crippen LogP contribution >= 0.6 is 0 Å². The zero-order valence-electron chi connectivity index (χ0n) is 21.9. The number of carbonyl (C=O) groups excluding carboxylic acids is 2. The first-order valence-electron chi connectivity index (χ1n) is 13.1. The number of carbonyl (C=O) groups is 2. The van der Waals surface area contributed by atoms with Crippen LogP contribution in [-0.2, 0) is 22.3 Å². The van der Waals surface area contributed by atoms with E-state index in [1.807, 2.05) is 86.6 Å². The minimum absolute atomic E-state index is 0.108. The third kappa shape index (κ3) is 7.42. The fraction of sp³-hybridized carbons (Fsp3) is 0.235. The topological polar surface area (TPSA) is 52.6 Å². The van der Waals surface area contributed by atoms with E-state index >= 15 is 0 Å². The van der Waals surface area contributed by atoms with E-state index in [0.29, 0.717) is 24.0 Å². The van der Waals surface area contributed by atoms with Gasteiger partial charge in [0.1, 0.15) is 12.2 Å². The summed E-state index contributed by atoms with van der Waals surface area (Å²) in [4.78, 5) is 26.0. The maximum Gasteiger partial charge on any atom is 0.338 e. The van der Waals surface area contributed by atoms with Crippen LogP contribution in [0.1, 0.15) is 45.7 Å². The molecule has 4 unspecified atom stereocenters. The second kappa shape index (κ2) is 13.4. The maximum absolute atomic E-state index is 13.0. The van der Waals surface area contributed by atoms with Gasteiger partial charge < -0.3 is 9.47 Å². The first kappa shape index (κ1) is 26.9. The third-order valence-corrected chi connectivity index (χ3v) is 6.99. The summed E-state index contributed by atoms with van der Waals surface area (Å²) in [6, 6.07) is 38.4. The summed E-state index contributed by atoms with van der Waals surface area (Å²) in [6.07, 6.45) is 0.507. The number of hydrogen-bond donors (Lipinski definition) is 0. The Morgan fingerprint density at radius 1 is 0.500 bits per heavy atom. The van der Waals surface area contributed by atoms with Crippen molar-refractivity contribution in [3.63, 3.8) is 0 Å². The first-order chi connectivity index (χ1) is 18.5. The molecule has 38 heavy (non-hydrogen) atoms. The summed E-state index contributed by atoms with van der Waals surface area (Å²) in [5, 5.41) is 0. The smallest absolute Gasteiger partial charge is 0.338 e. The largest absolute Gasteiger partial charge is 0.459 e. The van der Waals surface area contributed by atoms with E-state index in [2.05, 4.69) is 24.3 Å². The standard InChI is InChI=1S/C34H34O4/c1-25(37-33(35)29-19-11-5-12-20-29)31(23-27-15-7-3-8-16-27)32(24-28-17-9-4-10-18-28)26(2)38-34(36)30-21-13-6-14-22-30/h3-22,25-26,31-32H,23-24H2,1-2H3. The van der Waals surface area contributed by atoms with Gasteiger partial charge in [-0.25, -0.2) is 9.59 Å². The Bertz CT molecular complexity index is 1170. The number of esters is 2. The van der Waals surface area contributed by atoms with Crippen LogP contribution in [0.15, 0.2) is 121 Å². The van der Waals surface area contributed by atoms with Crippen molar-refractivity contribution >= 4 is 11.9 Å². The van der Waals surface area contributed by atoms with Crippen LogP contribution in [0.2, 0.25) is 0 Å². The van der Waals surface area contributed by atoms with Gasteiger partial charge >= 0.3 is 11.9 Å². The monoisotopic (exact) mass is 506 g/mol. The third-order valence-electron chi connectivity index (χ3n) is 6.99. The van der Waals surface area contributed by atoms with Gasteiger partial charge in [-0.2, -0.15) is 0 Å². The molecule has 4 heteroatoms. The Balaban J connectivity index is 1.64. The predicted molar refractivity (Wildman–Crippen MR) is 150 cm³/mol. The van der Waals surface area contributed by atoms with Gasteiger partial charge in [0.15, 0.2) is 0 Å². The van der Waals surface area contributed by atoms with E-state index in [-0.39, 0.29) is 23.8 Å². The zero-order chi connectivity index (χ0) is 26.7. The molecule has 0 aliphatic heterocycles. The lowest BCUT2D eigenvalue weighted by Crippen LogP contribution is -2.39. The summed E-state index contributed by atoms with van der Waals surface area (Å²) < 4.78 is 12.1. The number of benzene rings is 4. The van der Waals surface area contributed by atoms with E-state index < -0.39 is 12.2 Å². The highest BCUT2D eigenvalue weighted by Crippen LogP contribution is 2.31. The summed E-state index contributed by atoms with van der Waals surface area (Å²) >= 11 is 0. The Hall–Kier alpha value is -4.18.